The van der Waals surface area contributed by atoms with Crippen LogP contribution in [0.5, 0.6) is 0 Å². The first-order valence-electron chi connectivity index (χ1n) is 5.56. The number of fused-ring (bicyclic) bond motifs is 3. The van der Waals surface area contributed by atoms with Crippen molar-refractivity contribution in [2.24, 2.45) is 5.73 Å². The Morgan fingerprint density at radius 3 is 2.53 bits per heavy atom. The maximum absolute atomic E-state index is 7.52. The van der Waals surface area contributed by atoms with E-state index in [1.807, 2.05) is 12.1 Å². The Labute approximate surface area is 135 Å². The van der Waals surface area contributed by atoms with Crippen LogP contribution in [0.4, 0.5) is 0 Å². The van der Waals surface area contributed by atoms with Crippen LogP contribution < -0.4 is 5.73 Å². The number of amidine groups is 1. The molecule has 0 radical (unpaired) electrons. The van der Waals surface area contributed by atoms with Crippen LogP contribution in [0.25, 0.3) is 11.1 Å². The van der Waals surface area contributed by atoms with Gasteiger partial charge in [0.15, 0.2) is 5.17 Å². The first-order valence-corrected chi connectivity index (χ1v) is 7.23. The van der Waals surface area contributed by atoms with E-state index in [0.717, 1.165) is 4.47 Å². The van der Waals surface area contributed by atoms with Gasteiger partial charge >= 0.3 is 0 Å². The Morgan fingerprint density at radius 1 is 1.11 bits per heavy atom. The Bertz CT molecular complexity index is 643. The second kappa shape index (κ2) is 5.69. The molecule has 0 fully saturated rings. The molecular weight excluding hydrogens is 388 g/mol. The van der Waals surface area contributed by atoms with E-state index in [2.05, 4.69) is 46.3 Å². The predicted octanol–water partition coefficient (Wildman–Crippen LogP) is 4.72. The molecule has 0 spiro atoms. The average molecular weight is 400 g/mol. The lowest BCUT2D eigenvalue weighted by Gasteiger charge is -2.11. The summed E-state index contributed by atoms with van der Waals surface area (Å²) in [6, 6.07) is 14.6. The number of hydrogen-bond acceptors (Lipinski definition) is 2. The van der Waals surface area contributed by atoms with Gasteiger partial charge in [-0.3, -0.25) is 5.41 Å². The molecule has 0 amide bonds. The lowest BCUT2D eigenvalue weighted by molar-refractivity contribution is 1.22. The van der Waals surface area contributed by atoms with E-state index in [9.17, 15) is 0 Å². The van der Waals surface area contributed by atoms with Crippen LogP contribution in [0, 0.1) is 5.41 Å². The van der Waals surface area contributed by atoms with Gasteiger partial charge in [0.05, 0.1) is 5.25 Å². The Kier molecular flexibility index (Phi) is 4.38. The van der Waals surface area contributed by atoms with E-state index in [1.54, 1.807) is 0 Å². The molecular formula is C14H12Br2N2S. The molecule has 2 nitrogen and oxygen atoms in total. The maximum Gasteiger partial charge on any atom is 0.151 e. The highest BCUT2D eigenvalue weighted by atomic mass is 79.9. The standard InChI is InChI=1S/C14H11BrN2S.BrH/c15-8-5-6-10-9-3-1-2-4-11(9)13(12(10)7-8)18-14(16)17;/h1-7,13H,(H3,16,17);1H. The van der Waals surface area contributed by atoms with Crippen molar-refractivity contribution in [3.8, 4) is 11.1 Å². The third-order valence-corrected chi connectivity index (χ3v) is 4.57. The molecule has 19 heavy (non-hydrogen) atoms. The highest BCUT2D eigenvalue weighted by Crippen LogP contribution is 2.50. The van der Waals surface area contributed by atoms with E-state index in [0.29, 0.717) is 0 Å². The smallest absolute Gasteiger partial charge is 0.151 e. The van der Waals surface area contributed by atoms with E-state index in [4.69, 9.17) is 11.1 Å². The number of nitrogens with one attached hydrogen (secondary N) is 1. The highest BCUT2D eigenvalue weighted by molar-refractivity contribution is 9.10. The highest BCUT2D eigenvalue weighted by Gasteiger charge is 2.29. The predicted molar refractivity (Wildman–Crippen MR) is 91.2 cm³/mol. The van der Waals surface area contributed by atoms with Crippen LogP contribution in [0.1, 0.15) is 16.4 Å². The number of rotatable bonds is 1. The van der Waals surface area contributed by atoms with Gasteiger partial charge in [-0.1, -0.05) is 58.0 Å². The van der Waals surface area contributed by atoms with Gasteiger partial charge in [-0.15, -0.1) is 17.0 Å². The molecule has 0 aromatic heterocycles. The van der Waals surface area contributed by atoms with Crippen LogP contribution in [0.2, 0.25) is 0 Å². The first-order chi connectivity index (χ1) is 8.66. The topological polar surface area (TPSA) is 49.9 Å². The number of benzene rings is 2. The summed E-state index contributed by atoms with van der Waals surface area (Å²) in [6.07, 6.45) is 0. The van der Waals surface area contributed by atoms with Crippen molar-refractivity contribution in [2.75, 3.05) is 0 Å². The summed E-state index contributed by atoms with van der Waals surface area (Å²) in [5.41, 5.74) is 10.5. The van der Waals surface area contributed by atoms with Crippen molar-refractivity contribution in [1.29, 1.82) is 5.41 Å². The van der Waals surface area contributed by atoms with E-state index in [1.165, 1.54) is 34.0 Å². The second-order valence-corrected chi connectivity index (χ2v) is 6.24. The molecule has 0 aliphatic heterocycles. The minimum atomic E-state index is 0. The van der Waals surface area contributed by atoms with Gasteiger partial charge < -0.3 is 5.73 Å². The van der Waals surface area contributed by atoms with Crippen LogP contribution in [0.3, 0.4) is 0 Å². The lowest BCUT2D eigenvalue weighted by Crippen LogP contribution is -2.07. The molecule has 1 aliphatic rings. The van der Waals surface area contributed by atoms with E-state index < -0.39 is 0 Å². The summed E-state index contributed by atoms with van der Waals surface area (Å²) in [7, 11) is 0. The maximum atomic E-state index is 7.52. The summed E-state index contributed by atoms with van der Waals surface area (Å²) in [5.74, 6) is 0. The molecule has 0 saturated carbocycles. The molecule has 0 heterocycles. The number of thioether (sulfide) groups is 1. The van der Waals surface area contributed by atoms with Crippen LogP contribution in [0.15, 0.2) is 46.9 Å². The summed E-state index contributed by atoms with van der Waals surface area (Å²) in [5, 5.41) is 7.81. The van der Waals surface area contributed by atoms with Crippen molar-refractivity contribution in [3.63, 3.8) is 0 Å². The van der Waals surface area contributed by atoms with Crippen LogP contribution >= 0.6 is 44.7 Å². The van der Waals surface area contributed by atoms with Crippen molar-refractivity contribution >= 4 is 49.8 Å². The molecule has 2 aromatic rings. The fourth-order valence-corrected chi connectivity index (χ4v) is 3.68. The monoisotopic (exact) mass is 398 g/mol. The fraction of sp³-hybridized carbons (Fsp3) is 0.0714. The van der Waals surface area contributed by atoms with Gasteiger partial charge in [0.25, 0.3) is 0 Å². The van der Waals surface area contributed by atoms with Gasteiger partial charge in [-0.05, 0) is 34.4 Å². The zero-order valence-corrected chi connectivity index (χ0v) is 14.0. The molecule has 3 N–H and O–H groups in total. The van der Waals surface area contributed by atoms with E-state index >= 15 is 0 Å². The molecule has 2 aromatic carbocycles. The minimum Gasteiger partial charge on any atom is -0.379 e. The lowest BCUT2D eigenvalue weighted by atomic mass is 10.1. The van der Waals surface area contributed by atoms with Crippen LogP contribution in [-0.4, -0.2) is 5.17 Å². The summed E-state index contributed by atoms with van der Waals surface area (Å²) in [6.45, 7) is 0. The number of halogens is 2. The molecule has 3 rings (SSSR count). The normalized spacial score (nSPS) is 15.3. The van der Waals surface area contributed by atoms with E-state index in [-0.39, 0.29) is 27.4 Å². The number of nitrogens with two attached hydrogens (primary N) is 1. The van der Waals surface area contributed by atoms with Crippen molar-refractivity contribution in [2.45, 2.75) is 5.25 Å². The van der Waals surface area contributed by atoms with Gasteiger partial charge in [0.2, 0.25) is 0 Å². The molecule has 0 saturated heterocycles. The Morgan fingerprint density at radius 2 is 1.79 bits per heavy atom. The quantitative estimate of drug-likeness (QED) is 0.538. The third-order valence-electron chi connectivity index (χ3n) is 3.07. The second-order valence-electron chi connectivity index (χ2n) is 4.18. The van der Waals surface area contributed by atoms with Crippen molar-refractivity contribution in [3.05, 3.63) is 58.1 Å². The Hall–Kier alpha value is -0.780. The SMILES string of the molecule is Br.N=C(N)SC1c2ccccc2-c2ccc(Br)cc21. The van der Waals surface area contributed by atoms with Gasteiger partial charge in [-0.25, -0.2) is 0 Å². The van der Waals surface area contributed by atoms with Gasteiger partial charge in [-0.2, -0.15) is 0 Å². The molecule has 1 atom stereocenters. The average Bonchev–Trinajstić information content (AvgIpc) is 2.63. The molecule has 1 aliphatic carbocycles. The molecule has 0 bridgehead atoms. The fourth-order valence-electron chi connectivity index (χ4n) is 2.39. The third kappa shape index (κ3) is 2.59. The molecule has 1 unspecified atom stereocenters. The minimum absolute atomic E-state index is 0. The zero-order valence-electron chi connectivity index (χ0n) is 9.89. The molecule has 98 valence electrons. The number of hydrogen-bond donors (Lipinski definition) is 2. The zero-order chi connectivity index (χ0) is 12.7. The summed E-state index contributed by atoms with van der Waals surface area (Å²) in [4.78, 5) is 0. The van der Waals surface area contributed by atoms with Crippen molar-refractivity contribution in [1.82, 2.24) is 0 Å². The Balaban J connectivity index is 0.00000133. The van der Waals surface area contributed by atoms with Crippen molar-refractivity contribution < 1.29 is 0 Å². The molecule has 5 heteroatoms. The van der Waals surface area contributed by atoms with Crippen LogP contribution in [-0.2, 0) is 0 Å². The first kappa shape index (κ1) is 14.6. The van der Waals surface area contributed by atoms with Gasteiger partial charge in [0.1, 0.15) is 0 Å². The van der Waals surface area contributed by atoms with Gasteiger partial charge in [0, 0.05) is 4.47 Å². The summed E-state index contributed by atoms with van der Waals surface area (Å²) < 4.78 is 1.06. The summed E-state index contributed by atoms with van der Waals surface area (Å²) >= 11 is 4.91. The largest absolute Gasteiger partial charge is 0.379 e.